The first-order valence-corrected chi connectivity index (χ1v) is 4.30. The summed E-state index contributed by atoms with van der Waals surface area (Å²) in [7, 11) is 1.71. The first-order chi connectivity index (χ1) is 6.13. The Kier molecular flexibility index (Phi) is 3.66. The van der Waals surface area contributed by atoms with Gasteiger partial charge < -0.3 is 10.4 Å². The Balaban J connectivity index is 2.87. The lowest BCUT2D eigenvalue weighted by Crippen LogP contribution is -2.16. The Hall–Kier alpha value is -0.640. The molecule has 1 aromatic carbocycles. The monoisotopic (exact) mass is 203 g/mol. The zero-order valence-corrected chi connectivity index (χ0v) is 7.98. The molecular formula is C9H11ClFNO. The van der Waals surface area contributed by atoms with Crippen molar-refractivity contribution in [3.63, 3.8) is 0 Å². The summed E-state index contributed by atoms with van der Waals surface area (Å²) in [6.07, 6.45) is -0.724. The number of nitrogens with one attached hydrogen (secondary N) is 1. The van der Waals surface area contributed by atoms with E-state index in [9.17, 15) is 9.50 Å². The molecule has 0 aliphatic rings. The molecule has 0 spiro atoms. The highest BCUT2D eigenvalue weighted by Crippen LogP contribution is 2.19. The molecule has 0 aliphatic carbocycles. The molecule has 72 valence electrons. The van der Waals surface area contributed by atoms with E-state index >= 15 is 0 Å². The van der Waals surface area contributed by atoms with Crippen LogP contribution in [0.4, 0.5) is 4.39 Å². The van der Waals surface area contributed by atoms with E-state index in [0.29, 0.717) is 17.1 Å². The number of halogens is 2. The second kappa shape index (κ2) is 4.56. The summed E-state index contributed by atoms with van der Waals surface area (Å²) in [4.78, 5) is 0. The summed E-state index contributed by atoms with van der Waals surface area (Å²) < 4.78 is 12.8. The smallest absolute Gasteiger partial charge is 0.125 e. The van der Waals surface area contributed by atoms with Gasteiger partial charge in [-0.1, -0.05) is 11.6 Å². The highest BCUT2D eigenvalue weighted by Gasteiger charge is 2.08. The summed E-state index contributed by atoms with van der Waals surface area (Å²) >= 11 is 5.62. The van der Waals surface area contributed by atoms with Crippen molar-refractivity contribution in [3.8, 4) is 0 Å². The summed E-state index contributed by atoms with van der Waals surface area (Å²) in [6.45, 7) is 0.375. The molecule has 1 rings (SSSR count). The predicted octanol–water partition coefficient (Wildman–Crippen LogP) is 1.73. The fourth-order valence-corrected chi connectivity index (χ4v) is 1.31. The molecular weight excluding hydrogens is 193 g/mol. The van der Waals surface area contributed by atoms with Crippen molar-refractivity contribution in [1.82, 2.24) is 5.32 Å². The van der Waals surface area contributed by atoms with E-state index in [1.807, 2.05) is 0 Å². The van der Waals surface area contributed by atoms with Gasteiger partial charge in [-0.3, -0.25) is 0 Å². The van der Waals surface area contributed by atoms with Gasteiger partial charge >= 0.3 is 0 Å². The van der Waals surface area contributed by atoms with Crippen LogP contribution in [0.3, 0.4) is 0 Å². The predicted molar refractivity (Wildman–Crippen MR) is 50.3 cm³/mol. The van der Waals surface area contributed by atoms with Crippen LogP contribution in [0.5, 0.6) is 0 Å². The minimum absolute atomic E-state index is 0.296. The molecule has 0 saturated carbocycles. The molecule has 0 aliphatic heterocycles. The molecule has 1 unspecified atom stereocenters. The van der Waals surface area contributed by atoms with E-state index in [2.05, 4.69) is 5.32 Å². The zero-order chi connectivity index (χ0) is 9.84. The van der Waals surface area contributed by atoms with Crippen LogP contribution < -0.4 is 5.32 Å². The normalized spacial score (nSPS) is 12.9. The van der Waals surface area contributed by atoms with Gasteiger partial charge in [0.25, 0.3) is 0 Å². The second-order valence-electron chi connectivity index (χ2n) is 2.78. The Morgan fingerprint density at radius 3 is 2.77 bits per heavy atom. The van der Waals surface area contributed by atoms with Crippen molar-refractivity contribution in [2.45, 2.75) is 6.10 Å². The summed E-state index contributed by atoms with van der Waals surface area (Å²) in [6, 6.07) is 4.03. The first kappa shape index (κ1) is 10.4. The van der Waals surface area contributed by atoms with Crippen molar-refractivity contribution in [1.29, 1.82) is 0 Å². The number of hydrogen-bond acceptors (Lipinski definition) is 2. The minimum atomic E-state index is -0.724. The van der Waals surface area contributed by atoms with Gasteiger partial charge in [-0.15, -0.1) is 0 Å². The molecule has 2 N–H and O–H groups in total. The molecule has 0 bridgehead atoms. The van der Waals surface area contributed by atoms with Gasteiger partial charge in [-0.05, 0) is 30.8 Å². The van der Waals surface area contributed by atoms with Crippen LogP contribution in [0.2, 0.25) is 5.02 Å². The maximum atomic E-state index is 12.8. The number of rotatable bonds is 3. The van der Waals surface area contributed by atoms with Crippen LogP contribution in [-0.2, 0) is 0 Å². The van der Waals surface area contributed by atoms with Gasteiger partial charge in [0.05, 0.1) is 6.10 Å². The van der Waals surface area contributed by atoms with Gasteiger partial charge in [0.1, 0.15) is 5.82 Å². The van der Waals surface area contributed by atoms with Crippen LogP contribution in [0.15, 0.2) is 18.2 Å². The Morgan fingerprint density at radius 1 is 1.54 bits per heavy atom. The molecule has 0 amide bonds. The molecule has 4 heteroatoms. The van der Waals surface area contributed by atoms with Crippen LogP contribution in [-0.4, -0.2) is 18.7 Å². The van der Waals surface area contributed by atoms with E-state index in [1.54, 1.807) is 13.1 Å². The summed E-state index contributed by atoms with van der Waals surface area (Å²) in [5, 5.41) is 12.6. The Labute approximate surface area is 81.3 Å². The maximum absolute atomic E-state index is 12.8. The summed E-state index contributed by atoms with van der Waals surface area (Å²) in [5.74, 6) is -0.433. The molecule has 0 heterocycles. The second-order valence-corrected chi connectivity index (χ2v) is 3.21. The average molecular weight is 204 g/mol. The van der Waals surface area contributed by atoms with Gasteiger partial charge in [-0.25, -0.2) is 4.39 Å². The number of benzene rings is 1. The quantitative estimate of drug-likeness (QED) is 0.784. The Bertz CT molecular complexity index is 273. The van der Waals surface area contributed by atoms with Crippen molar-refractivity contribution in [2.75, 3.05) is 13.6 Å². The third-order valence-corrected chi connectivity index (χ3v) is 1.89. The number of aliphatic hydroxyl groups is 1. The molecule has 0 fully saturated rings. The van der Waals surface area contributed by atoms with Crippen molar-refractivity contribution in [3.05, 3.63) is 34.6 Å². The van der Waals surface area contributed by atoms with Crippen LogP contribution in [0.25, 0.3) is 0 Å². The molecule has 0 aromatic heterocycles. The van der Waals surface area contributed by atoms with E-state index in [1.165, 1.54) is 12.1 Å². The van der Waals surface area contributed by atoms with Crippen molar-refractivity contribution < 1.29 is 9.50 Å². The SMILES string of the molecule is CNCC(O)c1cc(F)cc(Cl)c1. The Morgan fingerprint density at radius 2 is 2.23 bits per heavy atom. The molecule has 13 heavy (non-hydrogen) atoms. The van der Waals surface area contributed by atoms with Crippen LogP contribution in [0, 0.1) is 5.82 Å². The average Bonchev–Trinajstić information content (AvgIpc) is 2.03. The molecule has 1 atom stereocenters. The van der Waals surface area contributed by atoms with Crippen LogP contribution >= 0.6 is 11.6 Å². The van der Waals surface area contributed by atoms with Crippen molar-refractivity contribution in [2.24, 2.45) is 0 Å². The lowest BCUT2D eigenvalue weighted by Gasteiger charge is -2.10. The first-order valence-electron chi connectivity index (χ1n) is 3.92. The number of likely N-dealkylation sites (N-methyl/N-ethyl adjacent to an activating group) is 1. The minimum Gasteiger partial charge on any atom is -0.387 e. The van der Waals surface area contributed by atoms with E-state index < -0.39 is 11.9 Å². The topological polar surface area (TPSA) is 32.3 Å². The third-order valence-electron chi connectivity index (χ3n) is 1.67. The van der Waals surface area contributed by atoms with Crippen LogP contribution in [0.1, 0.15) is 11.7 Å². The number of hydrogen-bond donors (Lipinski definition) is 2. The van der Waals surface area contributed by atoms with Gasteiger partial charge in [0, 0.05) is 11.6 Å². The summed E-state index contributed by atoms with van der Waals surface area (Å²) in [5.41, 5.74) is 0.486. The number of aliphatic hydroxyl groups excluding tert-OH is 1. The van der Waals surface area contributed by atoms with E-state index in [-0.39, 0.29) is 0 Å². The van der Waals surface area contributed by atoms with E-state index in [4.69, 9.17) is 11.6 Å². The largest absolute Gasteiger partial charge is 0.387 e. The van der Waals surface area contributed by atoms with Gasteiger partial charge in [0.15, 0.2) is 0 Å². The lowest BCUT2D eigenvalue weighted by molar-refractivity contribution is 0.177. The molecule has 0 radical (unpaired) electrons. The highest BCUT2D eigenvalue weighted by atomic mass is 35.5. The molecule has 1 aromatic rings. The fraction of sp³-hybridized carbons (Fsp3) is 0.333. The van der Waals surface area contributed by atoms with Crippen molar-refractivity contribution >= 4 is 11.6 Å². The maximum Gasteiger partial charge on any atom is 0.125 e. The van der Waals surface area contributed by atoms with Gasteiger partial charge in [-0.2, -0.15) is 0 Å². The fourth-order valence-electron chi connectivity index (χ4n) is 1.08. The zero-order valence-electron chi connectivity index (χ0n) is 7.22. The highest BCUT2D eigenvalue weighted by molar-refractivity contribution is 6.30. The van der Waals surface area contributed by atoms with Gasteiger partial charge in [0.2, 0.25) is 0 Å². The van der Waals surface area contributed by atoms with E-state index in [0.717, 1.165) is 0 Å². The third kappa shape index (κ3) is 2.95. The lowest BCUT2D eigenvalue weighted by atomic mass is 10.1. The molecule has 0 saturated heterocycles. The molecule has 2 nitrogen and oxygen atoms in total. The standard InChI is InChI=1S/C9H11ClFNO/c1-12-5-9(13)6-2-7(10)4-8(11)3-6/h2-4,9,12-13H,5H2,1H3.